The Balaban J connectivity index is 1.75. The summed E-state index contributed by atoms with van der Waals surface area (Å²) in [4.78, 5) is 24.7. The Bertz CT molecular complexity index is 733. The molecule has 0 unspecified atom stereocenters. The molecule has 2 rings (SSSR count). The van der Waals surface area contributed by atoms with E-state index in [0.717, 1.165) is 10.6 Å². The number of methoxy groups -OCH3 is 1. The van der Waals surface area contributed by atoms with Crippen molar-refractivity contribution in [3.05, 3.63) is 48.5 Å². The topological polar surface area (TPSA) is 73.9 Å². The fourth-order valence-electron chi connectivity index (χ4n) is 2.04. The summed E-state index contributed by atoms with van der Waals surface area (Å²) < 4.78 is 15.5. The van der Waals surface area contributed by atoms with Crippen LogP contribution in [0.1, 0.15) is 6.92 Å². The van der Waals surface area contributed by atoms with Gasteiger partial charge in [-0.2, -0.15) is 0 Å². The molecule has 0 heterocycles. The third-order valence-electron chi connectivity index (χ3n) is 3.24. The third kappa shape index (κ3) is 6.33. The molecule has 0 fully saturated rings. The molecule has 0 saturated carbocycles. The number of thioether (sulfide) groups is 1. The molecular weight excluding hydrogens is 354 g/mol. The molecule has 0 aliphatic carbocycles. The lowest BCUT2D eigenvalue weighted by molar-refractivity contribution is -0.144. The summed E-state index contributed by atoms with van der Waals surface area (Å²) in [5, 5.41) is 2.68. The number of amides is 1. The van der Waals surface area contributed by atoms with Crippen LogP contribution in [0.5, 0.6) is 11.5 Å². The molecular formula is C19H21NO5S. The highest BCUT2D eigenvalue weighted by atomic mass is 32.2. The minimum atomic E-state index is -0.459. The van der Waals surface area contributed by atoms with Gasteiger partial charge in [0.25, 0.3) is 5.91 Å². The van der Waals surface area contributed by atoms with E-state index in [1.165, 1.54) is 11.8 Å². The molecule has 0 aliphatic rings. The minimum absolute atomic E-state index is 0.120. The highest BCUT2D eigenvalue weighted by molar-refractivity contribution is 8.00. The molecule has 7 heteroatoms. The summed E-state index contributed by atoms with van der Waals surface area (Å²) in [6.45, 7) is 2.01. The molecule has 1 amide bonds. The summed E-state index contributed by atoms with van der Waals surface area (Å²) >= 11 is 1.33. The fourth-order valence-corrected chi connectivity index (χ4v) is 2.74. The maximum atomic E-state index is 12.0. The van der Waals surface area contributed by atoms with Crippen LogP contribution in [0.25, 0.3) is 0 Å². The van der Waals surface area contributed by atoms with Crippen LogP contribution in [0, 0.1) is 0 Å². The predicted molar refractivity (Wildman–Crippen MR) is 101 cm³/mol. The number of hydrogen-bond donors (Lipinski definition) is 1. The molecule has 0 radical (unpaired) electrons. The number of ether oxygens (including phenoxy) is 3. The molecule has 0 bridgehead atoms. The Labute approximate surface area is 156 Å². The average molecular weight is 375 g/mol. The largest absolute Gasteiger partial charge is 0.497 e. The second kappa shape index (κ2) is 10.4. The second-order valence-corrected chi connectivity index (χ2v) is 6.15. The van der Waals surface area contributed by atoms with Crippen molar-refractivity contribution < 1.29 is 23.8 Å². The standard InChI is InChI=1S/C19H21NO5S/c1-3-24-17-7-5-4-6-16(17)20-18(21)12-25-19(22)13-26-15-10-8-14(23-2)9-11-15/h4-11H,3,12-13H2,1-2H3,(H,20,21). The number of carbonyl (C=O) groups excluding carboxylic acids is 2. The molecule has 2 aromatic rings. The molecule has 138 valence electrons. The number of rotatable bonds is 9. The van der Waals surface area contributed by atoms with Gasteiger partial charge in [0.05, 0.1) is 25.2 Å². The van der Waals surface area contributed by atoms with E-state index in [0.29, 0.717) is 18.0 Å². The Morgan fingerprint density at radius 1 is 1.08 bits per heavy atom. The third-order valence-corrected chi connectivity index (χ3v) is 4.23. The van der Waals surface area contributed by atoms with Crippen LogP contribution < -0.4 is 14.8 Å². The lowest BCUT2D eigenvalue weighted by Crippen LogP contribution is -2.22. The van der Waals surface area contributed by atoms with Gasteiger partial charge in [-0.1, -0.05) is 12.1 Å². The van der Waals surface area contributed by atoms with Gasteiger partial charge in [-0.15, -0.1) is 11.8 Å². The van der Waals surface area contributed by atoms with Crippen LogP contribution in [0.15, 0.2) is 53.4 Å². The summed E-state index contributed by atoms with van der Waals surface area (Å²) in [5.74, 6) is 0.569. The molecule has 0 atom stereocenters. The van der Waals surface area contributed by atoms with Crippen molar-refractivity contribution in [2.24, 2.45) is 0 Å². The number of para-hydroxylation sites is 2. The van der Waals surface area contributed by atoms with Gasteiger partial charge in [0, 0.05) is 4.90 Å². The Kier molecular flexibility index (Phi) is 7.82. The van der Waals surface area contributed by atoms with Gasteiger partial charge in [0.2, 0.25) is 0 Å². The van der Waals surface area contributed by atoms with Crippen molar-refractivity contribution in [2.45, 2.75) is 11.8 Å². The molecule has 0 spiro atoms. The van der Waals surface area contributed by atoms with Crippen LogP contribution in [0.4, 0.5) is 5.69 Å². The van der Waals surface area contributed by atoms with E-state index < -0.39 is 11.9 Å². The fraction of sp³-hybridized carbons (Fsp3) is 0.263. The maximum Gasteiger partial charge on any atom is 0.316 e. The van der Waals surface area contributed by atoms with Gasteiger partial charge < -0.3 is 19.5 Å². The molecule has 26 heavy (non-hydrogen) atoms. The zero-order valence-corrected chi connectivity index (χ0v) is 15.5. The number of anilines is 1. The first-order valence-corrected chi connectivity index (χ1v) is 9.05. The highest BCUT2D eigenvalue weighted by Gasteiger charge is 2.11. The predicted octanol–water partition coefficient (Wildman–Crippen LogP) is 3.37. The smallest absolute Gasteiger partial charge is 0.316 e. The molecule has 1 N–H and O–H groups in total. The van der Waals surface area contributed by atoms with Gasteiger partial charge in [-0.3, -0.25) is 9.59 Å². The van der Waals surface area contributed by atoms with E-state index in [4.69, 9.17) is 14.2 Å². The Morgan fingerprint density at radius 2 is 1.81 bits per heavy atom. The van der Waals surface area contributed by atoms with E-state index in [2.05, 4.69) is 5.32 Å². The van der Waals surface area contributed by atoms with Gasteiger partial charge in [-0.25, -0.2) is 0 Å². The first-order valence-electron chi connectivity index (χ1n) is 8.06. The van der Waals surface area contributed by atoms with E-state index in [9.17, 15) is 9.59 Å². The zero-order chi connectivity index (χ0) is 18.8. The second-order valence-electron chi connectivity index (χ2n) is 5.10. The van der Waals surface area contributed by atoms with Crippen molar-refractivity contribution in [2.75, 3.05) is 31.4 Å². The van der Waals surface area contributed by atoms with Crippen LogP contribution in [0.3, 0.4) is 0 Å². The molecule has 0 aliphatic heterocycles. The molecule has 6 nitrogen and oxygen atoms in total. The van der Waals surface area contributed by atoms with Crippen molar-refractivity contribution in [3.63, 3.8) is 0 Å². The summed E-state index contributed by atoms with van der Waals surface area (Å²) in [5.41, 5.74) is 0.544. The van der Waals surface area contributed by atoms with Gasteiger partial charge in [0.1, 0.15) is 11.5 Å². The number of esters is 1. The number of carbonyl (C=O) groups is 2. The molecule has 2 aromatic carbocycles. The highest BCUT2D eigenvalue weighted by Crippen LogP contribution is 2.24. The van der Waals surface area contributed by atoms with E-state index >= 15 is 0 Å². The molecule has 0 saturated heterocycles. The first-order chi connectivity index (χ1) is 12.6. The quantitative estimate of drug-likeness (QED) is 0.535. The molecule has 0 aromatic heterocycles. The number of benzene rings is 2. The van der Waals surface area contributed by atoms with E-state index in [-0.39, 0.29) is 12.4 Å². The van der Waals surface area contributed by atoms with Crippen LogP contribution in [-0.2, 0) is 14.3 Å². The zero-order valence-electron chi connectivity index (χ0n) is 14.7. The Morgan fingerprint density at radius 3 is 2.50 bits per heavy atom. The minimum Gasteiger partial charge on any atom is -0.497 e. The number of nitrogens with one attached hydrogen (secondary N) is 1. The van der Waals surface area contributed by atoms with Crippen molar-refractivity contribution in [1.29, 1.82) is 0 Å². The van der Waals surface area contributed by atoms with Gasteiger partial charge in [0.15, 0.2) is 6.61 Å². The summed E-state index contributed by atoms with van der Waals surface area (Å²) in [6, 6.07) is 14.4. The lowest BCUT2D eigenvalue weighted by atomic mass is 10.3. The monoisotopic (exact) mass is 375 g/mol. The van der Waals surface area contributed by atoms with Crippen molar-refractivity contribution in [3.8, 4) is 11.5 Å². The Hall–Kier alpha value is -2.67. The lowest BCUT2D eigenvalue weighted by Gasteiger charge is -2.11. The van der Waals surface area contributed by atoms with Gasteiger partial charge >= 0.3 is 5.97 Å². The maximum absolute atomic E-state index is 12.0. The summed E-state index contributed by atoms with van der Waals surface area (Å²) in [7, 11) is 1.59. The number of hydrogen-bond acceptors (Lipinski definition) is 6. The summed E-state index contributed by atoms with van der Waals surface area (Å²) in [6.07, 6.45) is 0. The van der Waals surface area contributed by atoms with Crippen LogP contribution >= 0.6 is 11.8 Å². The van der Waals surface area contributed by atoms with Gasteiger partial charge in [-0.05, 0) is 43.3 Å². The average Bonchev–Trinajstić information content (AvgIpc) is 2.67. The van der Waals surface area contributed by atoms with Crippen molar-refractivity contribution >= 4 is 29.3 Å². The van der Waals surface area contributed by atoms with E-state index in [1.54, 1.807) is 25.3 Å². The van der Waals surface area contributed by atoms with Crippen molar-refractivity contribution in [1.82, 2.24) is 0 Å². The van der Waals surface area contributed by atoms with Crippen LogP contribution in [-0.4, -0.2) is 38.0 Å². The SMILES string of the molecule is CCOc1ccccc1NC(=O)COC(=O)CSc1ccc(OC)cc1. The van der Waals surface area contributed by atoms with Crippen LogP contribution in [0.2, 0.25) is 0 Å². The van der Waals surface area contributed by atoms with E-state index in [1.807, 2.05) is 37.3 Å². The normalized spacial score (nSPS) is 10.1. The first kappa shape index (κ1) is 19.7.